The van der Waals surface area contributed by atoms with Crippen molar-refractivity contribution in [3.05, 3.63) is 96.3 Å². The molecule has 35 heavy (non-hydrogen) atoms. The Bertz CT molecular complexity index is 1720. The molecule has 0 N–H and O–H groups in total. The molecule has 0 saturated carbocycles. The molecule has 0 atom stereocenters. The van der Waals surface area contributed by atoms with Crippen molar-refractivity contribution in [2.24, 2.45) is 0 Å². The van der Waals surface area contributed by atoms with E-state index in [0.717, 1.165) is 44.8 Å². The average molecular weight is 458 g/mol. The maximum absolute atomic E-state index is 13.5. The van der Waals surface area contributed by atoms with Gasteiger partial charge < -0.3 is 4.90 Å². The number of hydrogen-bond donors (Lipinski definition) is 0. The molecule has 0 saturated heterocycles. The average Bonchev–Trinajstić information content (AvgIpc) is 2.92. The van der Waals surface area contributed by atoms with Gasteiger partial charge in [0.25, 0.3) is 5.91 Å². The molecule has 0 spiro atoms. The second-order valence-corrected chi connectivity index (χ2v) is 8.64. The van der Waals surface area contributed by atoms with Crippen molar-refractivity contribution in [1.82, 2.24) is 24.8 Å². The van der Waals surface area contributed by atoms with Crippen molar-refractivity contribution in [2.75, 3.05) is 6.54 Å². The molecule has 170 valence electrons. The summed E-state index contributed by atoms with van der Waals surface area (Å²) in [6.45, 7) is 3.34. The van der Waals surface area contributed by atoms with Crippen LogP contribution in [0.5, 0.6) is 0 Å². The Balaban J connectivity index is 1.49. The van der Waals surface area contributed by atoms with Gasteiger partial charge in [0.1, 0.15) is 11.0 Å². The van der Waals surface area contributed by atoms with Gasteiger partial charge in [0.05, 0.1) is 22.1 Å². The third kappa shape index (κ3) is 3.73. The largest absolute Gasteiger partial charge is 0.334 e. The van der Waals surface area contributed by atoms with Crippen LogP contribution < -0.4 is 0 Å². The van der Waals surface area contributed by atoms with Crippen LogP contribution in [0.4, 0.5) is 0 Å². The highest BCUT2D eigenvalue weighted by Gasteiger charge is 2.18. The predicted octanol–water partition coefficient (Wildman–Crippen LogP) is 5.93. The molecule has 6 rings (SSSR count). The highest BCUT2D eigenvalue weighted by molar-refractivity contribution is 6.21. The first-order chi connectivity index (χ1) is 17.2. The van der Waals surface area contributed by atoms with Gasteiger partial charge in [0.2, 0.25) is 0 Å². The molecule has 1 amide bonds. The van der Waals surface area contributed by atoms with Crippen LogP contribution in [0.25, 0.3) is 43.9 Å². The van der Waals surface area contributed by atoms with E-state index in [0.29, 0.717) is 29.7 Å². The van der Waals surface area contributed by atoms with Gasteiger partial charge in [-0.25, -0.2) is 9.97 Å². The topological polar surface area (TPSA) is 71.9 Å². The summed E-state index contributed by atoms with van der Waals surface area (Å²) in [4.78, 5) is 34.5. The molecule has 0 fully saturated rings. The molecular weight excluding hydrogens is 434 g/mol. The Labute approximate surface area is 202 Å². The highest BCUT2D eigenvalue weighted by Crippen LogP contribution is 2.31. The molecular formula is C29H23N5O. The zero-order valence-electron chi connectivity index (χ0n) is 19.3. The number of fused-ring (bicyclic) bond motifs is 7. The molecule has 3 aromatic heterocycles. The van der Waals surface area contributed by atoms with Crippen molar-refractivity contribution in [3.63, 3.8) is 0 Å². The second-order valence-electron chi connectivity index (χ2n) is 8.64. The molecule has 3 aromatic carbocycles. The van der Waals surface area contributed by atoms with Crippen LogP contribution in [0.3, 0.4) is 0 Å². The Kier molecular flexibility index (Phi) is 5.26. The molecule has 3 heterocycles. The fourth-order valence-corrected chi connectivity index (χ4v) is 4.65. The van der Waals surface area contributed by atoms with E-state index < -0.39 is 0 Å². The minimum Gasteiger partial charge on any atom is -0.334 e. The summed E-state index contributed by atoms with van der Waals surface area (Å²) in [5, 5.41) is 1.99. The molecule has 0 aliphatic heterocycles. The molecule has 6 nitrogen and oxygen atoms in total. The van der Waals surface area contributed by atoms with Gasteiger partial charge in [-0.15, -0.1) is 0 Å². The smallest absolute Gasteiger partial charge is 0.254 e. The Morgan fingerprint density at radius 2 is 1.40 bits per heavy atom. The van der Waals surface area contributed by atoms with E-state index in [1.165, 1.54) is 0 Å². The monoisotopic (exact) mass is 457 g/mol. The van der Waals surface area contributed by atoms with E-state index in [9.17, 15) is 4.79 Å². The van der Waals surface area contributed by atoms with Gasteiger partial charge in [-0.2, -0.15) is 0 Å². The van der Waals surface area contributed by atoms with E-state index >= 15 is 0 Å². The summed E-state index contributed by atoms with van der Waals surface area (Å²) in [6.07, 6.45) is 4.42. The van der Waals surface area contributed by atoms with E-state index in [4.69, 9.17) is 9.97 Å². The van der Waals surface area contributed by atoms with E-state index in [2.05, 4.69) is 16.9 Å². The second kappa shape index (κ2) is 8.72. The summed E-state index contributed by atoms with van der Waals surface area (Å²) < 4.78 is 0. The first-order valence-electron chi connectivity index (χ1n) is 11.8. The number of nitrogens with zero attached hydrogens (tertiary/aromatic N) is 5. The highest BCUT2D eigenvalue weighted by atomic mass is 16.2. The maximum atomic E-state index is 13.5. The zero-order valence-corrected chi connectivity index (χ0v) is 19.3. The summed E-state index contributed by atoms with van der Waals surface area (Å²) in [6, 6.07) is 23.5. The number of hydrogen-bond acceptors (Lipinski definition) is 5. The zero-order chi connectivity index (χ0) is 23.8. The van der Waals surface area contributed by atoms with Crippen molar-refractivity contribution < 1.29 is 4.79 Å². The Hall–Kier alpha value is -4.45. The van der Waals surface area contributed by atoms with Gasteiger partial charge in [-0.1, -0.05) is 49.4 Å². The molecule has 0 unspecified atom stereocenters. The standard InChI is InChI=1S/C29H23N5O/c1-2-16-34(18-19-8-4-3-5-9-19)29(35)20-12-13-23-24(17-20)33-28-26-22(11-7-15-31-26)21-10-6-14-30-25(21)27(28)32-23/h3-15,17H,2,16,18H2,1H3. The number of amides is 1. The van der Waals surface area contributed by atoms with Crippen molar-refractivity contribution in [1.29, 1.82) is 0 Å². The van der Waals surface area contributed by atoms with Crippen LogP contribution in [0.15, 0.2) is 85.2 Å². The third-order valence-corrected chi connectivity index (χ3v) is 6.26. The lowest BCUT2D eigenvalue weighted by Crippen LogP contribution is -2.31. The van der Waals surface area contributed by atoms with Crippen LogP contribution >= 0.6 is 0 Å². The van der Waals surface area contributed by atoms with Crippen LogP contribution in [0.1, 0.15) is 29.3 Å². The fourth-order valence-electron chi connectivity index (χ4n) is 4.65. The molecule has 0 aliphatic carbocycles. The maximum Gasteiger partial charge on any atom is 0.254 e. The fraction of sp³-hybridized carbons (Fsp3) is 0.138. The number of benzene rings is 3. The minimum absolute atomic E-state index is 0.0114. The Morgan fingerprint density at radius 1 is 0.743 bits per heavy atom. The summed E-state index contributed by atoms with van der Waals surface area (Å²) in [5.41, 5.74) is 6.10. The van der Waals surface area contributed by atoms with Crippen molar-refractivity contribution in [2.45, 2.75) is 19.9 Å². The van der Waals surface area contributed by atoms with Crippen LogP contribution in [-0.4, -0.2) is 37.3 Å². The third-order valence-electron chi connectivity index (χ3n) is 6.26. The Morgan fingerprint density at radius 3 is 2.06 bits per heavy atom. The van der Waals surface area contributed by atoms with E-state index in [1.54, 1.807) is 12.4 Å². The lowest BCUT2D eigenvalue weighted by molar-refractivity contribution is 0.0743. The van der Waals surface area contributed by atoms with Gasteiger partial charge in [0.15, 0.2) is 0 Å². The van der Waals surface area contributed by atoms with Gasteiger partial charge in [-0.3, -0.25) is 14.8 Å². The molecule has 6 heteroatoms. The summed E-state index contributed by atoms with van der Waals surface area (Å²) >= 11 is 0. The van der Waals surface area contributed by atoms with E-state index in [-0.39, 0.29) is 5.91 Å². The van der Waals surface area contributed by atoms with Crippen molar-refractivity contribution in [3.8, 4) is 0 Å². The number of pyridine rings is 2. The quantitative estimate of drug-likeness (QED) is 0.237. The lowest BCUT2D eigenvalue weighted by atomic mass is 10.1. The van der Waals surface area contributed by atoms with Gasteiger partial charge >= 0.3 is 0 Å². The normalized spacial score (nSPS) is 11.5. The van der Waals surface area contributed by atoms with Gasteiger partial charge in [-0.05, 0) is 42.3 Å². The molecule has 0 aliphatic rings. The van der Waals surface area contributed by atoms with Crippen LogP contribution in [0.2, 0.25) is 0 Å². The number of aromatic nitrogens is 4. The van der Waals surface area contributed by atoms with Crippen LogP contribution in [-0.2, 0) is 6.54 Å². The molecule has 0 bridgehead atoms. The number of rotatable bonds is 5. The number of carbonyl (C=O) groups excluding carboxylic acids is 1. The minimum atomic E-state index is -0.0114. The van der Waals surface area contributed by atoms with E-state index in [1.807, 2.05) is 77.7 Å². The van der Waals surface area contributed by atoms with Gasteiger partial charge in [0, 0.05) is 41.8 Å². The number of carbonyl (C=O) groups is 1. The summed E-state index contributed by atoms with van der Waals surface area (Å²) in [7, 11) is 0. The molecule has 0 radical (unpaired) electrons. The SMILES string of the molecule is CCCN(Cc1ccccc1)C(=O)c1ccc2nc3c4ncccc4c4cccnc4c3nc2c1. The first kappa shape index (κ1) is 21.1. The predicted molar refractivity (Wildman–Crippen MR) is 139 cm³/mol. The lowest BCUT2D eigenvalue weighted by Gasteiger charge is -2.22. The summed E-state index contributed by atoms with van der Waals surface area (Å²) in [5.74, 6) is -0.0114. The van der Waals surface area contributed by atoms with Crippen LogP contribution in [0, 0.1) is 0 Å². The van der Waals surface area contributed by atoms with Crippen molar-refractivity contribution >= 4 is 49.8 Å². The molecule has 6 aromatic rings. The first-order valence-corrected chi connectivity index (χ1v) is 11.8.